The first-order valence-corrected chi connectivity index (χ1v) is 4.31. The topological polar surface area (TPSA) is 55.1 Å². The molecule has 0 atom stereocenters. The zero-order valence-electron chi connectivity index (χ0n) is 7.95. The van der Waals surface area contributed by atoms with Crippen molar-refractivity contribution < 1.29 is 5.11 Å². The molecule has 0 radical (unpaired) electrons. The fourth-order valence-corrected chi connectivity index (χ4v) is 1.28. The van der Waals surface area contributed by atoms with Crippen molar-refractivity contribution >= 4 is 0 Å². The molecule has 1 aromatic rings. The second kappa shape index (κ2) is 4.18. The highest BCUT2D eigenvalue weighted by atomic mass is 16.3. The van der Waals surface area contributed by atoms with Crippen molar-refractivity contribution in [2.24, 2.45) is 0 Å². The number of hydrogen-bond acceptors (Lipinski definition) is 3. The van der Waals surface area contributed by atoms with Gasteiger partial charge in [0.05, 0.1) is 0 Å². The summed E-state index contributed by atoms with van der Waals surface area (Å²) in [6.07, 6.45) is 0.589. The molecular formula is C9H14N2O2. The van der Waals surface area contributed by atoms with Crippen molar-refractivity contribution in [1.82, 2.24) is 9.55 Å². The van der Waals surface area contributed by atoms with Crippen LogP contribution in [0.5, 0.6) is 0 Å². The Kier molecular flexibility index (Phi) is 3.19. The van der Waals surface area contributed by atoms with E-state index in [1.807, 2.05) is 13.0 Å². The smallest absolute Gasteiger partial charge is 0.347 e. The number of aliphatic hydroxyl groups excluding tert-OH is 1. The van der Waals surface area contributed by atoms with Gasteiger partial charge in [-0.15, -0.1) is 0 Å². The molecule has 13 heavy (non-hydrogen) atoms. The van der Waals surface area contributed by atoms with Crippen LogP contribution < -0.4 is 5.69 Å². The van der Waals surface area contributed by atoms with Crippen molar-refractivity contribution in [1.29, 1.82) is 0 Å². The fourth-order valence-electron chi connectivity index (χ4n) is 1.28. The monoisotopic (exact) mass is 182 g/mol. The van der Waals surface area contributed by atoms with Crippen molar-refractivity contribution in [3.8, 4) is 0 Å². The van der Waals surface area contributed by atoms with E-state index in [-0.39, 0.29) is 12.3 Å². The zero-order valence-corrected chi connectivity index (χ0v) is 7.95. The SMILES string of the molecule is Cc1cc(C)n(CCCO)c(=O)n1. The van der Waals surface area contributed by atoms with Gasteiger partial charge in [0.2, 0.25) is 0 Å². The Bertz CT molecular complexity index is 344. The average Bonchev–Trinajstić information content (AvgIpc) is 2.02. The van der Waals surface area contributed by atoms with Crippen molar-refractivity contribution in [2.75, 3.05) is 6.61 Å². The second-order valence-electron chi connectivity index (χ2n) is 3.05. The number of aryl methyl sites for hydroxylation is 2. The van der Waals surface area contributed by atoms with E-state index in [1.54, 1.807) is 11.5 Å². The van der Waals surface area contributed by atoms with E-state index < -0.39 is 0 Å². The Morgan fingerprint density at radius 2 is 2.23 bits per heavy atom. The quantitative estimate of drug-likeness (QED) is 0.728. The minimum absolute atomic E-state index is 0.0970. The number of aromatic nitrogens is 2. The number of hydrogen-bond donors (Lipinski definition) is 1. The maximum absolute atomic E-state index is 11.3. The lowest BCUT2D eigenvalue weighted by Crippen LogP contribution is -2.26. The standard InChI is InChI=1S/C9H14N2O2/c1-7-6-8(2)11(4-3-5-12)9(13)10-7/h6,12H,3-5H2,1-2H3. The molecule has 1 aromatic heterocycles. The summed E-state index contributed by atoms with van der Waals surface area (Å²) in [5.74, 6) is 0. The first-order valence-electron chi connectivity index (χ1n) is 4.31. The average molecular weight is 182 g/mol. The Morgan fingerprint density at radius 1 is 1.54 bits per heavy atom. The van der Waals surface area contributed by atoms with E-state index in [2.05, 4.69) is 4.98 Å². The van der Waals surface area contributed by atoms with Crippen LogP contribution >= 0.6 is 0 Å². The minimum atomic E-state index is -0.231. The van der Waals surface area contributed by atoms with Crippen LogP contribution in [-0.2, 0) is 6.54 Å². The van der Waals surface area contributed by atoms with Crippen LogP contribution in [0.15, 0.2) is 10.9 Å². The third-order valence-electron chi connectivity index (χ3n) is 1.89. The predicted molar refractivity (Wildman–Crippen MR) is 49.7 cm³/mol. The third-order valence-corrected chi connectivity index (χ3v) is 1.89. The maximum Gasteiger partial charge on any atom is 0.347 e. The molecule has 0 unspecified atom stereocenters. The lowest BCUT2D eigenvalue weighted by Gasteiger charge is -2.07. The van der Waals surface area contributed by atoms with E-state index in [0.29, 0.717) is 13.0 Å². The molecule has 0 spiro atoms. The van der Waals surface area contributed by atoms with Crippen molar-refractivity contribution in [2.45, 2.75) is 26.8 Å². The molecule has 0 aliphatic carbocycles. The van der Waals surface area contributed by atoms with Crippen LogP contribution in [0.1, 0.15) is 17.8 Å². The summed E-state index contributed by atoms with van der Waals surface area (Å²) in [5.41, 5.74) is 1.40. The van der Waals surface area contributed by atoms with Crippen LogP contribution in [0.4, 0.5) is 0 Å². The first-order chi connectivity index (χ1) is 6.15. The molecule has 1 rings (SSSR count). The first kappa shape index (κ1) is 9.92. The zero-order chi connectivity index (χ0) is 9.84. The summed E-state index contributed by atoms with van der Waals surface area (Å²) in [6.45, 7) is 4.30. The lowest BCUT2D eigenvalue weighted by atomic mass is 10.3. The molecule has 0 amide bonds. The van der Waals surface area contributed by atoms with Gasteiger partial charge in [0.15, 0.2) is 0 Å². The van der Waals surface area contributed by atoms with Crippen LogP contribution in [0.2, 0.25) is 0 Å². The van der Waals surface area contributed by atoms with Gasteiger partial charge in [0.1, 0.15) is 0 Å². The largest absolute Gasteiger partial charge is 0.396 e. The number of rotatable bonds is 3. The van der Waals surface area contributed by atoms with Crippen LogP contribution in [-0.4, -0.2) is 21.3 Å². The van der Waals surface area contributed by atoms with Gasteiger partial charge < -0.3 is 5.11 Å². The van der Waals surface area contributed by atoms with Crippen LogP contribution in [0, 0.1) is 13.8 Å². The summed E-state index contributed by atoms with van der Waals surface area (Å²) >= 11 is 0. The predicted octanol–water partition coefficient (Wildman–Crippen LogP) is 0.243. The van der Waals surface area contributed by atoms with Gasteiger partial charge in [-0.2, -0.15) is 4.98 Å². The van der Waals surface area contributed by atoms with E-state index in [0.717, 1.165) is 11.4 Å². The van der Waals surface area contributed by atoms with Gasteiger partial charge >= 0.3 is 5.69 Å². The molecule has 72 valence electrons. The number of aliphatic hydroxyl groups is 1. The Morgan fingerprint density at radius 3 is 2.77 bits per heavy atom. The molecule has 4 heteroatoms. The molecule has 4 nitrogen and oxygen atoms in total. The summed E-state index contributed by atoms with van der Waals surface area (Å²) in [6, 6.07) is 1.86. The van der Waals surface area contributed by atoms with Gasteiger partial charge in [-0.25, -0.2) is 4.79 Å². The van der Waals surface area contributed by atoms with Gasteiger partial charge in [0.25, 0.3) is 0 Å². The third kappa shape index (κ3) is 2.39. The highest BCUT2D eigenvalue weighted by molar-refractivity contribution is 5.06. The summed E-state index contributed by atoms with van der Waals surface area (Å²) in [5, 5.41) is 8.63. The molecular weight excluding hydrogens is 168 g/mol. The molecule has 0 saturated carbocycles. The second-order valence-corrected chi connectivity index (χ2v) is 3.05. The molecule has 0 fully saturated rings. The Hall–Kier alpha value is -1.16. The summed E-state index contributed by atoms with van der Waals surface area (Å²) < 4.78 is 1.57. The van der Waals surface area contributed by atoms with Crippen LogP contribution in [0.25, 0.3) is 0 Å². The van der Waals surface area contributed by atoms with Crippen molar-refractivity contribution in [3.63, 3.8) is 0 Å². The van der Waals surface area contributed by atoms with Gasteiger partial charge in [0, 0.05) is 24.5 Å². The van der Waals surface area contributed by atoms with Gasteiger partial charge in [-0.1, -0.05) is 0 Å². The van der Waals surface area contributed by atoms with Gasteiger partial charge in [-0.3, -0.25) is 4.57 Å². The lowest BCUT2D eigenvalue weighted by molar-refractivity contribution is 0.278. The van der Waals surface area contributed by atoms with Crippen LogP contribution in [0.3, 0.4) is 0 Å². The summed E-state index contributed by atoms with van der Waals surface area (Å²) in [7, 11) is 0. The molecule has 0 bridgehead atoms. The molecule has 1 heterocycles. The van der Waals surface area contributed by atoms with E-state index >= 15 is 0 Å². The van der Waals surface area contributed by atoms with Gasteiger partial charge in [-0.05, 0) is 26.3 Å². The molecule has 0 aliphatic heterocycles. The highest BCUT2D eigenvalue weighted by Gasteiger charge is 2.01. The normalized spacial score (nSPS) is 10.4. The Balaban J connectivity index is 2.99. The summed E-state index contributed by atoms with van der Waals surface area (Å²) in [4.78, 5) is 15.2. The highest BCUT2D eigenvalue weighted by Crippen LogP contribution is 1.97. The van der Waals surface area contributed by atoms with Crippen molar-refractivity contribution in [3.05, 3.63) is 27.9 Å². The fraction of sp³-hybridized carbons (Fsp3) is 0.556. The number of nitrogens with zero attached hydrogens (tertiary/aromatic N) is 2. The molecule has 0 aromatic carbocycles. The minimum Gasteiger partial charge on any atom is -0.396 e. The molecule has 1 N–H and O–H groups in total. The van der Waals surface area contributed by atoms with E-state index in [1.165, 1.54) is 0 Å². The maximum atomic E-state index is 11.3. The Labute approximate surface area is 76.9 Å². The van der Waals surface area contributed by atoms with E-state index in [4.69, 9.17) is 5.11 Å². The molecule has 0 aliphatic rings. The molecule has 0 saturated heterocycles. The van der Waals surface area contributed by atoms with E-state index in [9.17, 15) is 4.79 Å².